The molecule has 0 bridgehead atoms. The van der Waals surface area contributed by atoms with E-state index in [0.717, 1.165) is 41.9 Å². The maximum atomic E-state index is 14.9. The van der Waals surface area contributed by atoms with E-state index in [2.05, 4.69) is 40.6 Å². The number of alkyl carbamates (subject to hydrolysis) is 1. The number of hydrogen-bond acceptors (Lipinski definition) is 24. The van der Waals surface area contributed by atoms with Crippen molar-refractivity contribution in [1.29, 1.82) is 0 Å². The summed E-state index contributed by atoms with van der Waals surface area (Å²) in [4.78, 5) is 94.8. The number of anilines is 2. The molecule has 592 valence electrons. The molecule has 6 amide bonds. The van der Waals surface area contributed by atoms with Crippen LogP contribution in [-0.4, -0.2) is 217 Å². The Morgan fingerprint density at radius 3 is 1.61 bits per heavy atom. The Bertz CT molecular complexity index is 3690. The number of ether oxygens (including phenoxy) is 15. The lowest BCUT2D eigenvalue weighted by atomic mass is 10.1. The number of nitrogens with zero attached hydrogens (tertiary/aromatic N) is 5. The molecule has 7 atom stereocenters. The van der Waals surface area contributed by atoms with Crippen LogP contribution in [0, 0.1) is 11.8 Å². The van der Waals surface area contributed by atoms with Crippen LogP contribution in [-0.2, 0) is 70.1 Å². The zero-order chi connectivity index (χ0) is 77.6. The normalized spacial score (nSPS) is 20.1. The highest BCUT2D eigenvalue weighted by molar-refractivity contribution is 8.76. The summed E-state index contributed by atoms with van der Waals surface area (Å²) in [6, 6.07) is 16.2. The van der Waals surface area contributed by atoms with Gasteiger partial charge >= 0.3 is 18.3 Å². The van der Waals surface area contributed by atoms with E-state index in [-0.39, 0.29) is 128 Å². The molecular weight excluding hydrogens is 1450 g/mol. The van der Waals surface area contributed by atoms with E-state index in [1.807, 2.05) is 43.3 Å². The molecule has 4 aromatic rings. The minimum Gasteiger partial charge on any atom is -0.493 e. The van der Waals surface area contributed by atoms with Gasteiger partial charge < -0.3 is 91.5 Å². The summed E-state index contributed by atoms with van der Waals surface area (Å²) in [5, 5.41) is 6.49. The monoisotopic (exact) mass is 1550 g/mol. The molecular formula is C79H103N7O21S2. The predicted octanol–water partition coefficient (Wildman–Crippen LogP) is 11.5. The zero-order valence-corrected chi connectivity index (χ0v) is 65.5. The minimum absolute atomic E-state index is 0.00961. The highest BCUT2D eigenvalue weighted by Gasteiger charge is 2.51. The first kappa shape index (κ1) is 83.1. The average molecular weight is 1550 g/mol. The first-order valence-corrected chi connectivity index (χ1v) is 39.2. The van der Waals surface area contributed by atoms with Gasteiger partial charge in [-0.2, -0.15) is 0 Å². The fourth-order valence-corrected chi connectivity index (χ4v) is 14.7. The number of nitrogens with one attached hydrogen (secondary N) is 2. The van der Waals surface area contributed by atoms with Crippen LogP contribution >= 0.6 is 21.6 Å². The average Bonchev–Trinajstić information content (AvgIpc) is 1.62. The number of benzene rings is 3. The molecule has 0 radical (unpaired) electrons. The smallest absolute Gasteiger partial charge is 0.417 e. The Balaban J connectivity index is 0.808. The van der Waals surface area contributed by atoms with Crippen molar-refractivity contribution in [2.75, 3.05) is 123 Å². The van der Waals surface area contributed by atoms with Crippen LogP contribution in [0.3, 0.4) is 0 Å². The first-order valence-electron chi connectivity index (χ1n) is 37.0. The van der Waals surface area contributed by atoms with Crippen LogP contribution in [0.15, 0.2) is 96.2 Å². The second-order valence-corrected chi connectivity index (χ2v) is 31.5. The van der Waals surface area contributed by atoms with Gasteiger partial charge in [0.25, 0.3) is 11.8 Å². The van der Waals surface area contributed by atoms with Crippen molar-refractivity contribution in [1.82, 2.24) is 25.4 Å². The van der Waals surface area contributed by atoms with Gasteiger partial charge in [-0.25, -0.2) is 29.2 Å². The number of hydrogen-bond donors (Lipinski definition) is 2. The van der Waals surface area contributed by atoms with E-state index in [1.165, 1.54) is 34.8 Å². The number of carbonyl (C=O) groups excluding carboxylic acids is 6. The largest absolute Gasteiger partial charge is 0.493 e. The van der Waals surface area contributed by atoms with Gasteiger partial charge in [-0.05, 0) is 164 Å². The number of aromatic nitrogens is 1. The van der Waals surface area contributed by atoms with Crippen molar-refractivity contribution in [3.05, 3.63) is 119 Å². The van der Waals surface area contributed by atoms with E-state index in [4.69, 9.17) is 71.1 Å². The SMILES string of the molecule is C=C1C[C@H]2C(OC3CCCCO3)N(C(=O)OC(C)(C)C)c3cc(OCc4cc(C#CCNC(=O)CCOCCOCCOCCOCCNC(=O)OC[C@@H](C)SSc5ccccn5)cc(COc5cc6c(cc5OC)C(=O)N5CC(=C)C[C@H]5[C@H](OC5CCCCO5)N6C(=O)OC(C)(C)C)c4)c(OC)cc3C(=O)N2C1. The van der Waals surface area contributed by atoms with Crippen molar-refractivity contribution in [2.24, 2.45) is 0 Å². The molecule has 28 nitrogen and oxygen atoms in total. The van der Waals surface area contributed by atoms with Gasteiger partial charge in [0.05, 0.1) is 108 Å². The molecule has 0 aliphatic carbocycles. The van der Waals surface area contributed by atoms with Crippen molar-refractivity contribution in [3.8, 4) is 34.8 Å². The fraction of sp³-hybridized carbons (Fsp3) is 0.557. The van der Waals surface area contributed by atoms with Crippen molar-refractivity contribution < 1.29 is 99.8 Å². The number of rotatable bonds is 33. The van der Waals surface area contributed by atoms with Gasteiger partial charge in [0, 0.05) is 68.4 Å². The maximum Gasteiger partial charge on any atom is 0.417 e. The van der Waals surface area contributed by atoms with Crippen LogP contribution in [0.5, 0.6) is 23.0 Å². The quantitative estimate of drug-likeness (QED) is 0.0147. The summed E-state index contributed by atoms with van der Waals surface area (Å²) in [5.41, 5.74) is 2.06. The summed E-state index contributed by atoms with van der Waals surface area (Å²) in [6.45, 7) is 25.1. The van der Waals surface area contributed by atoms with Gasteiger partial charge in [0.1, 0.15) is 36.0 Å². The van der Waals surface area contributed by atoms with E-state index in [0.29, 0.717) is 102 Å². The summed E-state index contributed by atoms with van der Waals surface area (Å²) < 4.78 is 90.9. The standard InChI is InChI=1S/C79H103N7O21S2/c1-51-37-61-73(104-69-21-13-16-27-99-69)85(76(91)106-78(4,5)6)59-44-65(63(93-10)42-57(59)71(88)83(61)46-51)101-49-55-39-54(19-18-25-80-67(87)23-29-95-31-33-97-35-36-98-34-32-96-30-26-82-75(90)103-48-53(3)108-109-68-20-12-15-24-81-68)40-56(41-55)50-102-66-45-60-58(43-64(66)94-11)72(89)84-47-52(2)38-62(84)74(105-70-22-14-17-28-100-70)86(60)77(92)107-79(7,8)9/h12,15,20,24,39-45,53,61-62,69-70,73-74H,1-2,13-14,16-17,21-23,25-38,46-50H2,3-11H3,(H,80,87)(H,82,90)/t53-,61+,62+,69?,70?,73+,74?/m1/s1. The molecule has 4 saturated heterocycles. The van der Waals surface area contributed by atoms with E-state index in [1.54, 1.807) is 92.6 Å². The lowest BCUT2D eigenvalue weighted by Gasteiger charge is -2.39. The van der Waals surface area contributed by atoms with Gasteiger partial charge in [0.2, 0.25) is 5.91 Å². The molecule has 2 N–H and O–H groups in total. The van der Waals surface area contributed by atoms with Gasteiger partial charge in [-0.3, -0.25) is 14.4 Å². The fourth-order valence-electron chi connectivity index (χ4n) is 12.9. The first-order chi connectivity index (χ1) is 52.4. The molecule has 3 aromatic carbocycles. The van der Waals surface area contributed by atoms with Crippen molar-refractivity contribution in [2.45, 2.75) is 178 Å². The van der Waals surface area contributed by atoms with Crippen molar-refractivity contribution >= 4 is 69.0 Å². The van der Waals surface area contributed by atoms with Crippen LogP contribution in [0.1, 0.15) is 144 Å². The molecule has 7 heterocycles. The zero-order valence-electron chi connectivity index (χ0n) is 63.8. The Hall–Kier alpha value is -8.35. The molecule has 6 aliphatic rings. The van der Waals surface area contributed by atoms with Crippen LogP contribution < -0.4 is 39.4 Å². The van der Waals surface area contributed by atoms with E-state index in [9.17, 15) is 28.8 Å². The topological polar surface area (TPSA) is 291 Å². The summed E-state index contributed by atoms with van der Waals surface area (Å²) in [5.74, 6) is 6.00. The molecule has 1 aromatic heterocycles. The summed E-state index contributed by atoms with van der Waals surface area (Å²) in [7, 11) is 6.02. The predicted molar refractivity (Wildman–Crippen MR) is 407 cm³/mol. The molecule has 10 rings (SSSR count). The van der Waals surface area contributed by atoms with Gasteiger partial charge in [-0.15, -0.1) is 0 Å². The molecule has 4 fully saturated rings. The minimum atomic E-state index is -1.05. The molecule has 0 spiro atoms. The van der Waals surface area contributed by atoms with Crippen LogP contribution in [0.25, 0.3) is 0 Å². The van der Waals surface area contributed by atoms with Crippen LogP contribution in [0.2, 0.25) is 0 Å². The Kier molecular flexibility index (Phi) is 30.5. The third kappa shape index (κ3) is 24.1. The molecule has 30 heteroatoms. The lowest BCUT2D eigenvalue weighted by molar-refractivity contribution is -0.196. The number of fused-ring (bicyclic) bond motifs is 4. The van der Waals surface area contributed by atoms with Crippen molar-refractivity contribution in [3.63, 3.8) is 0 Å². The molecule has 6 aliphatic heterocycles. The third-order valence-corrected chi connectivity index (χ3v) is 20.6. The Labute approximate surface area is 645 Å². The molecule has 0 saturated carbocycles. The van der Waals surface area contributed by atoms with Gasteiger partial charge in [0.15, 0.2) is 48.0 Å². The second-order valence-electron chi connectivity index (χ2n) is 28.9. The highest BCUT2D eigenvalue weighted by atomic mass is 33.1. The second kappa shape index (κ2) is 40.0. The Morgan fingerprint density at radius 2 is 1.15 bits per heavy atom. The van der Waals surface area contributed by atoms with Crippen LogP contribution in [0.4, 0.5) is 25.8 Å². The molecule has 109 heavy (non-hydrogen) atoms. The highest BCUT2D eigenvalue weighted by Crippen LogP contribution is 2.47. The molecule has 3 unspecified atom stereocenters. The van der Waals surface area contributed by atoms with Gasteiger partial charge in [-0.1, -0.05) is 53.0 Å². The number of carbonyl (C=O) groups is 6. The van der Waals surface area contributed by atoms with E-state index >= 15 is 0 Å². The third-order valence-electron chi connectivity index (χ3n) is 17.8. The van der Waals surface area contributed by atoms with E-state index < -0.39 is 66.6 Å². The summed E-state index contributed by atoms with van der Waals surface area (Å²) >= 11 is 0. The number of amides is 6. The lowest BCUT2D eigenvalue weighted by Crippen LogP contribution is -2.54. The number of methoxy groups -OCH3 is 2. The maximum absolute atomic E-state index is 14.9. The summed E-state index contributed by atoms with van der Waals surface area (Å²) in [6.07, 6.45) is 1.67. The Morgan fingerprint density at radius 1 is 0.642 bits per heavy atom. The number of pyridine rings is 1.